The van der Waals surface area contributed by atoms with E-state index in [2.05, 4.69) is 9.46 Å². The maximum Gasteiger partial charge on any atom is 0.324 e. The average molecular weight is 303 g/mol. The van der Waals surface area contributed by atoms with Crippen molar-refractivity contribution in [3.63, 3.8) is 0 Å². The van der Waals surface area contributed by atoms with Gasteiger partial charge in [-0.05, 0) is 31.2 Å². The van der Waals surface area contributed by atoms with E-state index in [0.29, 0.717) is 5.02 Å². The molecule has 1 rings (SSSR count). The van der Waals surface area contributed by atoms with Gasteiger partial charge in [0.1, 0.15) is 12.1 Å². The lowest BCUT2D eigenvalue weighted by atomic mass is 10.4. The maximum absolute atomic E-state index is 11.9. The van der Waals surface area contributed by atoms with Gasteiger partial charge in [0.15, 0.2) is 6.61 Å². The van der Waals surface area contributed by atoms with Crippen LogP contribution in [-0.4, -0.2) is 27.0 Å². The van der Waals surface area contributed by atoms with Crippen molar-refractivity contribution in [1.82, 2.24) is 4.72 Å². The number of nitriles is 1. The van der Waals surface area contributed by atoms with Crippen LogP contribution in [0.25, 0.3) is 0 Å². The normalized spacial score (nSPS) is 12.5. The molecule has 102 valence electrons. The molecule has 0 spiro atoms. The van der Waals surface area contributed by atoms with Crippen molar-refractivity contribution in [1.29, 1.82) is 5.26 Å². The van der Waals surface area contributed by atoms with Gasteiger partial charge >= 0.3 is 5.97 Å². The molecule has 0 bridgehead atoms. The van der Waals surface area contributed by atoms with E-state index in [4.69, 9.17) is 16.9 Å². The van der Waals surface area contributed by atoms with E-state index in [1.807, 2.05) is 0 Å². The quantitative estimate of drug-likeness (QED) is 0.821. The molecule has 0 amide bonds. The highest BCUT2D eigenvalue weighted by Gasteiger charge is 2.22. The third kappa shape index (κ3) is 4.52. The molecule has 6 nitrogen and oxygen atoms in total. The van der Waals surface area contributed by atoms with Crippen molar-refractivity contribution in [2.24, 2.45) is 0 Å². The Bertz CT molecular complexity index is 592. The highest BCUT2D eigenvalue weighted by atomic mass is 35.5. The molecule has 0 unspecified atom stereocenters. The summed E-state index contributed by atoms with van der Waals surface area (Å²) >= 11 is 5.66. The zero-order valence-corrected chi connectivity index (χ0v) is 11.5. The van der Waals surface area contributed by atoms with Crippen molar-refractivity contribution in [3.05, 3.63) is 29.3 Å². The SMILES string of the molecule is C[C@H](NS(=O)(=O)c1ccc(Cl)cc1)C(=O)OCC#N. The molecule has 0 saturated heterocycles. The fourth-order valence-electron chi connectivity index (χ4n) is 1.19. The number of carbonyl (C=O) groups excluding carboxylic acids is 1. The molecule has 1 N–H and O–H groups in total. The van der Waals surface area contributed by atoms with Crippen molar-refractivity contribution in [2.45, 2.75) is 17.9 Å². The van der Waals surface area contributed by atoms with Crippen LogP contribution in [0.4, 0.5) is 0 Å². The maximum atomic E-state index is 11.9. The largest absolute Gasteiger partial charge is 0.449 e. The Kier molecular flexibility index (Phi) is 5.30. The van der Waals surface area contributed by atoms with E-state index in [9.17, 15) is 13.2 Å². The van der Waals surface area contributed by atoms with Gasteiger partial charge in [0, 0.05) is 5.02 Å². The number of hydrogen-bond acceptors (Lipinski definition) is 5. The summed E-state index contributed by atoms with van der Waals surface area (Å²) in [6.07, 6.45) is 0. The van der Waals surface area contributed by atoms with E-state index < -0.39 is 28.6 Å². The number of esters is 1. The smallest absolute Gasteiger partial charge is 0.324 e. The Morgan fingerprint density at radius 2 is 2.05 bits per heavy atom. The summed E-state index contributed by atoms with van der Waals surface area (Å²) < 4.78 is 30.5. The topological polar surface area (TPSA) is 96.3 Å². The number of rotatable bonds is 5. The molecule has 0 aliphatic heterocycles. The molecule has 19 heavy (non-hydrogen) atoms. The van der Waals surface area contributed by atoms with Crippen LogP contribution >= 0.6 is 11.6 Å². The molecule has 0 aliphatic carbocycles. The standard InChI is InChI=1S/C11H11ClN2O4S/c1-8(11(15)18-7-6-13)14-19(16,17)10-4-2-9(12)3-5-10/h2-5,8,14H,7H2,1H3/t8-/m0/s1. The molecule has 0 heterocycles. The summed E-state index contributed by atoms with van der Waals surface area (Å²) in [7, 11) is -3.84. The first-order valence-corrected chi connectivity index (χ1v) is 7.04. The molecular formula is C11H11ClN2O4S. The molecule has 0 aliphatic rings. The Morgan fingerprint density at radius 1 is 1.47 bits per heavy atom. The van der Waals surface area contributed by atoms with Crippen LogP contribution in [0.1, 0.15) is 6.92 Å². The number of nitrogens with one attached hydrogen (secondary N) is 1. The van der Waals surface area contributed by atoms with E-state index in [1.54, 1.807) is 6.07 Å². The zero-order valence-electron chi connectivity index (χ0n) is 9.96. The van der Waals surface area contributed by atoms with Gasteiger partial charge in [-0.15, -0.1) is 0 Å². The molecule has 0 fully saturated rings. The third-order valence-corrected chi connectivity index (χ3v) is 3.90. The Morgan fingerprint density at radius 3 is 2.58 bits per heavy atom. The van der Waals surface area contributed by atoms with Crippen molar-refractivity contribution in [3.8, 4) is 6.07 Å². The van der Waals surface area contributed by atoms with Crippen LogP contribution in [0, 0.1) is 11.3 Å². The summed E-state index contributed by atoms with van der Waals surface area (Å²) in [5, 5.41) is 8.66. The van der Waals surface area contributed by atoms with Gasteiger partial charge in [-0.25, -0.2) is 8.42 Å². The van der Waals surface area contributed by atoms with Crippen LogP contribution in [0.5, 0.6) is 0 Å². The van der Waals surface area contributed by atoms with Crippen molar-refractivity contribution < 1.29 is 17.9 Å². The van der Waals surface area contributed by atoms with Gasteiger partial charge in [0.25, 0.3) is 0 Å². The van der Waals surface area contributed by atoms with Crippen LogP contribution in [0.3, 0.4) is 0 Å². The molecule has 0 saturated carbocycles. The fraction of sp³-hybridized carbons (Fsp3) is 0.273. The lowest BCUT2D eigenvalue weighted by Gasteiger charge is -2.12. The minimum Gasteiger partial charge on any atom is -0.449 e. The fourth-order valence-corrected chi connectivity index (χ4v) is 2.51. The van der Waals surface area contributed by atoms with Crippen LogP contribution in [0.15, 0.2) is 29.2 Å². The number of sulfonamides is 1. The van der Waals surface area contributed by atoms with E-state index in [0.717, 1.165) is 0 Å². The molecule has 1 aromatic carbocycles. The second-order valence-electron chi connectivity index (χ2n) is 3.56. The number of hydrogen-bond donors (Lipinski definition) is 1. The number of carbonyl (C=O) groups is 1. The predicted octanol–water partition coefficient (Wildman–Crippen LogP) is 1.07. The Hall–Kier alpha value is -1.62. The van der Waals surface area contributed by atoms with Gasteiger partial charge in [-0.1, -0.05) is 11.6 Å². The lowest BCUT2D eigenvalue weighted by molar-refractivity contribution is -0.143. The second kappa shape index (κ2) is 6.52. The van der Waals surface area contributed by atoms with Crippen LogP contribution < -0.4 is 4.72 Å². The molecule has 0 radical (unpaired) electrons. The first-order valence-electron chi connectivity index (χ1n) is 5.18. The van der Waals surface area contributed by atoms with Gasteiger partial charge in [-0.3, -0.25) is 4.79 Å². The highest BCUT2D eigenvalue weighted by molar-refractivity contribution is 7.89. The first-order chi connectivity index (χ1) is 8.86. The second-order valence-corrected chi connectivity index (χ2v) is 5.71. The summed E-state index contributed by atoms with van der Waals surface area (Å²) in [6.45, 7) is 0.902. The number of ether oxygens (including phenoxy) is 1. The van der Waals surface area contributed by atoms with Gasteiger partial charge < -0.3 is 4.74 Å². The van der Waals surface area contributed by atoms with Crippen molar-refractivity contribution in [2.75, 3.05) is 6.61 Å². The third-order valence-electron chi connectivity index (χ3n) is 2.09. The minimum absolute atomic E-state index is 0.0168. The Labute approximate surface area is 116 Å². The van der Waals surface area contributed by atoms with Crippen LogP contribution in [-0.2, 0) is 19.6 Å². The van der Waals surface area contributed by atoms with E-state index in [-0.39, 0.29) is 4.90 Å². The zero-order chi connectivity index (χ0) is 14.5. The summed E-state index contributed by atoms with van der Waals surface area (Å²) in [5.41, 5.74) is 0. The predicted molar refractivity (Wildman–Crippen MR) is 67.8 cm³/mol. The minimum atomic E-state index is -3.84. The monoisotopic (exact) mass is 302 g/mol. The number of nitrogens with zero attached hydrogens (tertiary/aromatic N) is 1. The summed E-state index contributed by atoms with van der Waals surface area (Å²) in [4.78, 5) is 11.3. The van der Waals surface area contributed by atoms with Crippen molar-refractivity contribution >= 4 is 27.6 Å². The van der Waals surface area contributed by atoms with Crippen LogP contribution in [0.2, 0.25) is 5.02 Å². The highest BCUT2D eigenvalue weighted by Crippen LogP contribution is 2.14. The van der Waals surface area contributed by atoms with E-state index >= 15 is 0 Å². The van der Waals surface area contributed by atoms with Gasteiger partial charge in [0.2, 0.25) is 10.0 Å². The molecule has 1 atom stereocenters. The van der Waals surface area contributed by atoms with Gasteiger partial charge in [0.05, 0.1) is 4.90 Å². The molecular weight excluding hydrogens is 292 g/mol. The summed E-state index contributed by atoms with van der Waals surface area (Å²) in [5.74, 6) is -0.820. The number of halogens is 1. The van der Waals surface area contributed by atoms with Gasteiger partial charge in [-0.2, -0.15) is 9.98 Å². The average Bonchev–Trinajstić information content (AvgIpc) is 2.35. The lowest BCUT2D eigenvalue weighted by Crippen LogP contribution is -2.39. The molecule has 0 aromatic heterocycles. The summed E-state index contributed by atoms with van der Waals surface area (Å²) in [6, 6.07) is 6.02. The Balaban J connectivity index is 2.77. The first kappa shape index (κ1) is 15.4. The molecule has 8 heteroatoms. The number of benzene rings is 1. The van der Waals surface area contributed by atoms with E-state index in [1.165, 1.54) is 31.2 Å². The molecule has 1 aromatic rings.